The molecule has 3 rings (SSSR count). The van der Waals surface area contributed by atoms with Crippen molar-refractivity contribution in [1.82, 2.24) is 19.7 Å². The normalized spacial score (nSPS) is 12.1. The number of carbonyl (C=O) groups excluding carboxylic acids is 1. The van der Waals surface area contributed by atoms with E-state index < -0.39 is 6.04 Å². The number of hydrogen-bond acceptors (Lipinski definition) is 4. The fourth-order valence-electron chi connectivity index (χ4n) is 2.48. The Morgan fingerprint density at radius 3 is 2.70 bits per heavy atom. The smallest absolute Gasteiger partial charge is 0.252 e. The topological polar surface area (TPSA) is 51.0 Å². The molecule has 1 aromatic carbocycles. The van der Waals surface area contributed by atoms with Crippen LogP contribution in [0.5, 0.6) is 0 Å². The molecule has 0 bridgehead atoms. The highest BCUT2D eigenvalue weighted by atomic mass is 32.1. The summed E-state index contributed by atoms with van der Waals surface area (Å²) in [6.45, 7) is 2.52. The van der Waals surface area contributed by atoms with Gasteiger partial charge in [-0.05, 0) is 18.6 Å². The van der Waals surface area contributed by atoms with Crippen LogP contribution in [0.4, 0.5) is 0 Å². The lowest BCUT2D eigenvalue weighted by Gasteiger charge is -2.24. The number of aromatic nitrogens is 3. The van der Waals surface area contributed by atoms with Gasteiger partial charge in [-0.3, -0.25) is 9.48 Å². The molecule has 0 unspecified atom stereocenters. The zero-order valence-corrected chi connectivity index (χ0v) is 13.9. The second-order valence-electron chi connectivity index (χ2n) is 5.34. The van der Waals surface area contributed by atoms with Gasteiger partial charge in [-0.15, -0.1) is 11.3 Å². The maximum Gasteiger partial charge on any atom is 0.252 e. The lowest BCUT2D eigenvalue weighted by atomic mass is 10.1. The molecule has 1 atom stereocenters. The Morgan fingerprint density at radius 2 is 2.09 bits per heavy atom. The van der Waals surface area contributed by atoms with Crippen molar-refractivity contribution in [3.8, 4) is 0 Å². The maximum atomic E-state index is 13.0. The van der Waals surface area contributed by atoms with Gasteiger partial charge in [0, 0.05) is 30.5 Å². The first-order valence-electron chi connectivity index (χ1n) is 7.35. The predicted molar refractivity (Wildman–Crippen MR) is 90.1 cm³/mol. The van der Waals surface area contributed by atoms with Crippen LogP contribution in [0.3, 0.4) is 0 Å². The Bertz CT molecular complexity index is 767. The van der Waals surface area contributed by atoms with E-state index in [9.17, 15) is 4.79 Å². The number of likely N-dealkylation sites (N-methyl/N-ethyl adjacent to an activating group) is 1. The van der Waals surface area contributed by atoms with E-state index in [2.05, 4.69) is 10.1 Å². The minimum Gasteiger partial charge on any atom is -0.338 e. The predicted octanol–water partition coefficient (Wildman–Crippen LogP) is 2.90. The lowest BCUT2D eigenvalue weighted by molar-refractivity contribution is -0.133. The van der Waals surface area contributed by atoms with Crippen LogP contribution in [0.25, 0.3) is 0 Å². The number of hydrogen-bond donors (Lipinski definition) is 0. The summed E-state index contributed by atoms with van der Waals surface area (Å²) in [6, 6.07) is 11.1. The quantitative estimate of drug-likeness (QED) is 0.724. The van der Waals surface area contributed by atoms with Gasteiger partial charge in [-0.1, -0.05) is 30.3 Å². The van der Waals surface area contributed by atoms with E-state index in [4.69, 9.17) is 0 Å². The van der Waals surface area contributed by atoms with Gasteiger partial charge in [0.15, 0.2) is 6.04 Å². The molecular weight excluding hydrogens is 308 g/mol. The Morgan fingerprint density at radius 1 is 1.30 bits per heavy atom. The molecule has 118 valence electrons. The number of amides is 1. The van der Waals surface area contributed by atoms with Crippen molar-refractivity contribution in [2.24, 2.45) is 0 Å². The zero-order valence-electron chi connectivity index (χ0n) is 13.1. The van der Waals surface area contributed by atoms with Crippen molar-refractivity contribution >= 4 is 17.2 Å². The van der Waals surface area contributed by atoms with Gasteiger partial charge in [0.1, 0.15) is 0 Å². The monoisotopic (exact) mass is 326 g/mol. The van der Waals surface area contributed by atoms with Gasteiger partial charge in [0.2, 0.25) is 0 Å². The van der Waals surface area contributed by atoms with Crippen LogP contribution in [0, 0.1) is 6.92 Å². The molecule has 0 aliphatic rings. The summed E-state index contributed by atoms with van der Waals surface area (Å²) in [5, 5.41) is 5.27. The highest BCUT2D eigenvalue weighted by molar-refractivity contribution is 7.11. The van der Waals surface area contributed by atoms with Crippen molar-refractivity contribution in [1.29, 1.82) is 0 Å². The minimum atomic E-state index is -0.454. The van der Waals surface area contributed by atoms with E-state index >= 15 is 0 Å². The number of carbonyl (C=O) groups is 1. The zero-order chi connectivity index (χ0) is 16.2. The highest BCUT2D eigenvalue weighted by Gasteiger charge is 2.26. The summed E-state index contributed by atoms with van der Waals surface area (Å²) < 4.78 is 1.70. The second-order valence-corrected chi connectivity index (χ2v) is 6.66. The summed E-state index contributed by atoms with van der Waals surface area (Å²) in [5.41, 5.74) is 0.925. The van der Waals surface area contributed by atoms with Crippen LogP contribution in [0.15, 0.2) is 55.0 Å². The van der Waals surface area contributed by atoms with E-state index in [1.54, 1.807) is 27.1 Å². The largest absolute Gasteiger partial charge is 0.338 e. The van der Waals surface area contributed by atoms with Crippen molar-refractivity contribution < 1.29 is 4.79 Å². The van der Waals surface area contributed by atoms with Crippen molar-refractivity contribution in [2.45, 2.75) is 19.5 Å². The van der Waals surface area contributed by atoms with Crippen LogP contribution in [0.2, 0.25) is 0 Å². The Hall–Kier alpha value is -2.47. The molecule has 0 aliphatic carbocycles. The van der Waals surface area contributed by atoms with E-state index in [1.807, 2.05) is 62.8 Å². The molecule has 6 heteroatoms. The van der Waals surface area contributed by atoms with Gasteiger partial charge in [-0.2, -0.15) is 5.10 Å². The Labute approximate surface area is 139 Å². The SMILES string of the molecule is Cc1ncc(CN(C)C(=O)[C@H](c2ccccc2)n2cccn2)s1. The van der Waals surface area contributed by atoms with Crippen LogP contribution in [0.1, 0.15) is 21.5 Å². The molecular formula is C17H18N4OS. The molecule has 1 amide bonds. The van der Waals surface area contributed by atoms with Crippen molar-refractivity contribution in [3.63, 3.8) is 0 Å². The third-order valence-electron chi connectivity index (χ3n) is 3.58. The fourth-order valence-corrected chi connectivity index (χ4v) is 3.32. The average molecular weight is 326 g/mol. The van der Waals surface area contributed by atoms with Crippen molar-refractivity contribution in [3.05, 3.63) is 70.4 Å². The number of aryl methyl sites for hydroxylation is 1. The summed E-state index contributed by atoms with van der Waals surface area (Å²) in [7, 11) is 1.82. The molecule has 23 heavy (non-hydrogen) atoms. The molecule has 5 nitrogen and oxygen atoms in total. The van der Waals surface area contributed by atoms with Crippen LogP contribution >= 0.6 is 11.3 Å². The first-order valence-corrected chi connectivity index (χ1v) is 8.17. The van der Waals surface area contributed by atoms with Crippen LogP contribution in [-0.2, 0) is 11.3 Å². The van der Waals surface area contributed by atoms with Crippen LogP contribution < -0.4 is 0 Å². The molecule has 3 aromatic rings. The molecule has 0 fully saturated rings. The van der Waals surface area contributed by atoms with Gasteiger partial charge >= 0.3 is 0 Å². The third kappa shape index (κ3) is 3.48. The van der Waals surface area contributed by atoms with Gasteiger partial charge in [0.25, 0.3) is 5.91 Å². The molecule has 0 aliphatic heterocycles. The number of nitrogens with zero attached hydrogens (tertiary/aromatic N) is 4. The van der Waals surface area contributed by atoms with E-state index in [-0.39, 0.29) is 5.91 Å². The first-order chi connectivity index (χ1) is 11.1. The number of rotatable bonds is 5. The van der Waals surface area contributed by atoms with Gasteiger partial charge < -0.3 is 4.90 Å². The number of thiazole rings is 1. The Kier molecular flexibility index (Phi) is 4.52. The highest BCUT2D eigenvalue weighted by Crippen LogP contribution is 2.21. The summed E-state index contributed by atoms with van der Waals surface area (Å²) in [6.07, 6.45) is 5.34. The van der Waals surface area contributed by atoms with Crippen molar-refractivity contribution in [2.75, 3.05) is 7.05 Å². The van der Waals surface area contributed by atoms with E-state index in [1.165, 1.54) is 0 Å². The third-order valence-corrected chi connectivity index (χ3v) is 4.47. The first kappa shape index (κ1) is 15.4. The molecule has 0 spiro atoms. The summed E-state index contributed by atoms with van der Waals surface area (Å²) >= 11 is 1.61. The average Bonchev–Trinajstić information content (AvgIpc) is 3.21. The Balaban J connectivity index is 1.86. The molecule has 0 radical (unpaired) electrons. The minimum absolute atomic E-state index is 0.00551. The molecule has 2 aromatic heterocycles. The number of benzene rings is 1. The summed E-state index contributed by atoms with van der Waals surface area (Å²) in [5.74, 6) is 0.00551. The van der Waals surface area contributed by atoms with Gasteiger partial charge in [-0.25, -0.2) is 4.98 Å². The van der Waals surface area contributed by atoms with E-state index in [0.29, 0.717) is 6.54 Å². The summed E-state index contributed by atoms with van der Waals surface area (Å²) in [4.78, 5) is 20.1. The van der Waals surface area contributed by atoms with E-state index in [0.717, 1.165) is 15.4 Å². The van der Waals surface area contributed by atoms with Gasteiger partial charge in [0.05, 0.1) is 11.6 Å². The second kappa shape index (κ2) is 6.75. The standard InChI is InChI=1S/C17H18N4OS/c1-13-18-11-15(23-13)12-20(2)17(22)16(21-10-6-9-19-21)14-7-4-3-5-8-14/h3-11,16H,12H2,1-2H3/t16-/m0/s1. The lowest BCUT2D eigenvalue weighted by Crippen LogP contribution is -2.34. The molecule has 0 saturated carbocycles. The fraction of sp³-hybridized carbons (Fsp3) is 0.235. The molecule has 2 heterocycles. The molecule has 0 saturated heterocycles. The molecule has 0 N–H and O–H groups in total. The van der Waals surface area contributed by atoms with Crippen LogP contribution in [-0.4, -0.2) is 32.6 Å². The maximum absolute atomic E-state index is 13.0.